The van der Waals surface area contributed by atoms with Gasteiger partial charge in [-0.15, -0.1) is 0 Å². The van der Waals surface area contributed by atoms with Crippen LogP contribution in [0.5, 0.6) is 0 Å². The minimum Gasteiger partial charge on any atom is -0.317 e. The number of rotatable bonds is 5. The van der Waals surface area contributed by atoms with Gasteiger partial charge in [-0.2, -0.15) is 5.10 Å². The number of aryl methyl sites for hydroxylation is 1. The lowest BCUT2D eigenvalue weighted by molar-refractivity contribution is 0.370. The van der Waals surface area contributed by atoms with Crippen molar-refractivity contribution >= 4 is 0 Å². The molecule has 0 saturated carbocycles. The molecular weight excluding hydrogens is 260 g/mol. The molecule has 0 aromatic carbocycles. The summed E-state index contributed by atoms with van der Waals surface area (Å²) in [4.78, 5) is 4.87. The normalized spacial score (nSPS) is 16.2. The Bertz CT molecular complexity index is 570. The van der Waals surface area contributed by atoms with Gasteiger partial charge in [0.2, 0.25) is 0 Å². The molecule has 0 amide bonds. The third kappa shape index (κ3) is 3.50. The molecule has 2 aromatic heterocycles. The SMILES string of the molecule is CCCn1nccc1-c1cccc(CC2CCNCC2)n1. The van der Waals surface area contributed by atoms with Gasteiger partial charge in [-0.25, -0.2) is 0 Å². The zero-order chi connectivity index (χ0) is 14.5. The van der Waals surface area contributed by atoms with Crippen LogP contribution in [0.2, 0.25) is 0 Å². The van der Waals surface area contributed by atoms with E-state index in [0.717, 1.165) is 49.8 Å². The van der Waals surface area contributed by atoms with Crippen LogP contribution in [0.1, 0.15) is 31.9 Å². The number of hydrogen-bond acceptors (Lipinski definition) is 3. The van der Waals surface area contributed by atoms with Gasteiger partial charge in [-0.1, -0.05) is 13.0 Å². The highest BCUT2D eigenvalue weighted by Crippen LogP contribution is 2.21. The van der Waals surface area contributed by atoms with Crippen molar-refractivity contribution in [1.29, 1.82) is 0 Å². The lowest BCUT2D eigenvalue weighted by Gasteiger charge is -2.22. The summed E-state index contributed by atoms with van der Waals surface area (Å²) in [5.74, 6) is 0.773. The summed E-state index contributed by atoms with van der Waals surface area (Å²) in [7, 11) is 0. The van der Waals surface area contributed by atoms with Gasteiger partial charge >= 0.3 is 0 Å². The van der Waals surface area contributed by atoms with Crippen LogP contribution in [-0.4, -0.2) is 27.9 Å². The molecule has 0 spiro atoms. The van der Waals surface area contributed by atoms with Gasteiger partial charge < -0.3 is 5.32 Å². The summed E-state index contributed by atoms with van der Waals surface area (Å²) >= 11 is 0. The molecule has 1 fully saturated rings. The Morgan fingerprint density at radius 3 is 2.90 bits per heavy atom. The van der Waals surface area contributed by atoms with Crippen LogP contribution in [0.25, 0.3) is 11.4 Å². The summed E-state index contributed by atoms with van der Waals surface area (Å²) in [6.07, 6.45) is 6.58. The van der Waals surface area contributed by atoms with E-state index in [2.05, 4.69) is 46.3 Å². The van der Waals surface area contributed by atoms with Crippen molar-refractivity contribution in [1.82, 2.24) is 20.1 Å². The smallest absolute Gasteiger partial charge is 0.0886 e. The largest absolute Gasteiger partial charge is 0.317 e. The summed E-state index contributed by atoms with van der Waals surface area (Å²) in [5, 5.41) is 7.82. The molecule has 3 heterocycles. The van der Waals surface area contributed by atoms with Gasteiger partial charge in [-0.3, -0.25) is 9.67 Å². The quantitative estimate of drug-likeness (QED) is 0.918. The van der Waals surface area contributed by atoms with Crippen LogP contribution in [0, 0.1) is 5.92 Å². The van der Waals surface area contributed by atoms with Crippen molar-refractivity contribution in [3.8, 4) is 11.4 Å². The van der Waals surface area contributed by atoms with E-state index in [1.54, 1.807) is 0 Å². The number of hydrogen-bond donors (Lipinski definition) is 1. The van der Waals surface area contributed by atoms with E-state index >= 15 is 0 Å². The van der Waals surface area contributed by atoms with Crippen LogP contribution >= 0.6 is 0 Å². The number of nitrogens with zero attached hydrogens (tertiary/aromatic N) is 3. The van der Waals surface area contributed by atoms with E-state index in [0.29, 0.717) is 0 Å². The van der Waals surface area contributed by atoms with Gasteiger partial charge in [0.05, 0.1) is 11.4 Å². The minimum absolute atomic E-state index is 0.773. The average molecular weight is 284 g/mol. The number of aromatic nitrogens is 3. The highest BCUT2D eigenvalue weighted by atomic mass is 15.3. The molecule has 4 nitrogen and oxygen atoms in total. The molecule has 0 bridgehead atoms. The highest BCUT2D eigenvalue weighted by molar-refractivity contribution is 5.54. The number of piperidine rings is 1. The van der Waals surface area contributed by atoms with E-state index < -0.39 is 0 Å². The Hall–Kier alpha value is -1.68. The van der Waals surface area contributed by atoms with E-state index in [-0.39, 0.29) is 0 Å². The monoisotopic (exact) mass is 284 g/mol. The first-order chi connectivity index (χ1) is 10.4. The highest BCUT2D eigenvalue weighted by Gasteiger charge is 2.15. The Morgan fingerprint density at radius 2 is 2.10 bits per heavy atom. The standard InChI is InChI=1S/C17H24N4/c1-2-12-21-17(8-11-19-21)16-5-3-4-15(20-16)13-14-6-9-18-10-7-14/h3-5,8,11,14,18H,2,6-7,9-10,12-13H2,1H3. The third-order valence-corrected chi connectivity index (χ3v) is 4.18. The predicted molar refractivity (Wildman–Crippen MR) is 85.0 cm³/mol. The maximum atomic E-state index is 4.87. The van der Waals surface area contributed by atoms with E-state index in [9.17, 15) is 0 Å². The summed E-state index contributed by atoms with van der Waals surface area (Å²) in [6, 6.07) is 8.44. The Balaban J connectivity index is 1.77. The minimum atomic E-state index is 0.773. The fourth-order valence-corrected chi connectivity index (χ4v) is 3.06. The molecular formula is C17H24N4. The van der Waals surface area contributed by atoms with Gasteiger partial charge in [-0.05, 0) is 62.9 Å². The summed E-state index contributed by atoms with van der Waals surface area (Å²) in [5.41, 5.74) is 3.39. The van der Waals surface area contributed by atoms with E-state index in [4.69, 9.17) is 4.98 Å². The molecule has 3 rings (SSSR count). The van der Waals surface area contributed by atoms with Crippen LogP contribution in [0.15, 0.2) is 30.5 Å². The fourth-order valence-electron chi connectivity index (χ4n) is 3.06. The Morgan fingerprint density at radius 1 is 1.24 bits per heavy atom. The van der Waals surface area contributed by atoms with Crippen molar-refractivity contribution < 1.29 is 0 Å². The lowest BCUT2D eigenvalue weighted by atomic mass is 9.93. The molecule has 1 aliphatic heterocycles. The van der Waals surface area contributed by atoms with Crippen molar-refractivity contribution in [2.75, 3.05) is 13.1 Å². The van der Waals surface area contributed by atoms with Crippen LogP contribution < -0.4 is 5.32 Å². The molecule has 0 unspecified atom stereocenters. The molecule has 1 saturated heterocycles. The maximum absolute atomic E-state index is 4.87. The molecule has 0 radical (unpaired) electrons. The van der Waals surface area contributed by atoms with Crippen molar-refractivity contribution in [3.63, 3.8) is 0 Å². The summed E-state index contributed by atoms with van der Waals surface area (Å²) < 4.78 is 2.05. The molecule has 112 valence electrons. The average Bonchev–Trinajstić information content (AvgIpc) is 2.97. The van der Waals surface area contributed by atoms with E-state index in [1.165, 1.54) is 18.5 Å². The van der Waals surface area contributed by atoms with Gasteiger partial charge in [0.15, 0.2) is 0 Å². The first kappa shape index (κ1) is 14.3. The second kappa shape index (κ2) is 6.85. The van der Waals surface area contributed by atoms with Gasteiger partial charge in [0.1, 0.15) is 0 Å². The topological polar surface area (TPSA) is 42.7 Å². The van der Waals surface area contributed by atoms with Crippen LogP contribution in [0.3, 0.4) is 0 Å². The van der Waals surface area contributed by atoms with Crippen LogP contribution in [-0.2, 0) is 13.0 Å². The van der Waals surface area contributed by atoms with Crippen molar-refractivity contribution in [2.45, 2.75) is 39.2 Å². The Kier molecular flexibility index (Phi) is 4.65. The first-order valence-corrected chi connectivity index (χ1v) is 8.05. The predicted octanol–water partition coefficient (Wildman–Crippen LogP) is 2.90. The van der Waals surface area contributed by atoms with Gasteiger partial charge in [0, 0.05) is 18.4 Å². The Labute approximate surface area is 126 Å². The third-order valence-electron chi connectivity index (χ3n) is 4.18. The molecule has 0 atom stereocenters. The lowest BCUT2D eigenvalue weighted by Crippen LogP contribution is -2.28. The summed E-state index contributed by atoms with van der Waals surface area (Å²) in [6.45, 7) is 5.41. The van der Waals surface area contributed by atoms with Crippen LogP contribution in [0.4, 0.5) is 0 Å². The first-order valence-electron chi connectivity index (χ1n) is 8.05. The van der Waals surface area contributed by atoms with Crippen molar-refractivity contribution in [2.24, 2.45) is 5.92 Å². The number of pyridine rings is 1. The second-order valence-corrected chi connectivity index (χ2v) is 5.85. The van der Waals surface area contributed by atoms with Crippen molar-refractivity contribution in [3.05, 3.63) is 36.2 Å². The molecule has 0 aliphatic carbocycles. The zero-order valence-electron chi connectivity index (χ0n) is 12.8. The zero-order valence-corrected chi connectivity index (χ0v) is 12.8. The molecule has 1 aliphatic rings. The van der Waals surface area contributed by atoms with Gasteiger partial charge in [0.25, 0.3) is 0 Å². The molecule has 21 heavy (non-hydrogen) atoms. The molecule has 1 N–H and O–H groups in total. The molecule has 4 heteroatoms. The second-order valence-electron chi connectivity index (χ2n) is 5.85. The fraction of sp³-hybridized carbons (Fsp3) is 0.529. The maximum Gasteiger partial charge on any atom is 0.0886 e. The molecule has 2 aromatic rings. The number of nitrogens with one attached hydrogen (secondary N) is 1. The van der Waals surface area contributed by atoms with E-state index in [1.807, 2.05) is 6.20 Å².